The third-order valence-electron chi connectivity index (χ3n) is 3.58. The van der Waals surface area contributed by atoms with Crippen LogP contribution in [0.4, 0.5) is 0 Å². The zero-order chi connectivity index (χ0) is 12.5. The molecule has 0 aromatic rings. The van der Waals surface area contributed by atoms with Crippen LogP contribution in [0.15, 0.2) is 0 Å². The Kier molecular flexibility index (Phi) is 7.25. The van der Waals surface area contributed by atoms with Crippen LogP contribution >= 0.6 is 0 Å². The molecular weight excluding hydrogens is 216 g/mol. The van der Waals surface area contributed by atoms with Gasteiger partial charge in [0.15, 0.2) is 6.10 Å². The summed E-state index contributed by atoms with van der Waals surface area (Å²) >= 11 is 0. The monoisotopic (exact) mass is 242 g/mol. The van der Waals surface area contributed by atoms with Crippen LogP contribution in [0.3, 0.4) is 0 Å². The molecule has 0 amide bonds. The number of carbonyl (C=O) groups is 1. The minimum Gasteiger partial charge on any atom is -0.464 e. The Morgan fingerprint density at radius 2 is 1.94 bits per heavy atom. The van der Waals surface area contributed by atoms with Crippen LogP contribution in [-0.2, 0) is 9.53 Å². The van der Waals surface area contributed by atoms with Crippen LogP contribution in [0.1, 0.15) is 64.7 Å². The zero-order valence-electron chi connectivity index (χ0n) is 11.0. The smallest absolute Gasteiger partial charge is 0.335 e. The summed E-state index contributed by atoms with van der Waals surface area (Å²) in [6.07, 6.45) is 8.91. The second kappa shape index (κ2) is 8.51. The molecule has 0 bridgehead atoms. The molecule has 1 aliphatic rings. The SMILES string of the molecule is CCCCCCOC(=O)[C@@H](O)C1CCCCC1. The lowest BCUT2D eigenvalue weighted by atomic mass is 9.85. The molecular formula is C14H26O3. The summed E-state index contributed by atoms with van der Waals surface area (Å²) in [5.74, 6) is -0.278. The van der Waals surface area contributed by atoms with Gasteiger partial charge in [-0.1, -0.05) is 45.4 Å². The maximum absolute atomic E-state index is 11.6. The highest BCUT2D eigenvalue weighted by Crippen LogP contribution is 2.26. The number of hydrogen-bond acceptors (Lipinski definition) is 3. The number of carbonyl (C=O) groups excluding carboxylic acids is 1. The van der Waals surface area contributed by atoms with Crippen molar-refractivity contribution >= 4 is 5.97 Å². The van der Waals surface area contributed by atoms with Crippen LogP contribution < -0.4 is 0 Å². The first kappa shape index (κ1) is 14.5. The molecule has 0 heterocycles. The van der Waals surface area contributed by atoms with Gasteiger partial charge in [-0.25, -0.2) is 4.79 Å². The Hall–Kier alpha value is -0.570. The number of aliphatic hydroxyl groups excluding tert-OH is 1. The van der Waals surface area contributed by atoms with E-state index < -0.39 is 12.1 Å². The molecule has 3 nitrogen and oxygen atoms in total. The van der Waals surface area contributed by atoms with Crippen molar-refractivity contribution < 1.29 is 14.6 Å². The third kappa shape index (κ3) is 5.53. The third-order valence-corrected chi connectivity index (χ3v) is 3.58. The van der Waals surface area contributed by atoms with E-state index in [1.165, 1.54) is 19.3 Å². The molecule has 1 atom stereocenters. The molecule has 1 fully saturated rings. The van der Waals surface area contributed by atoms with Gasteiger partial charge in [0, 0.05) is 0 Å². The van der Waals surface area contributed by atoms with E-state index in [0.717, 1.165) is 38.5 Å². The number of aliphatic hydroxyl groups is 1. The van der Waals surface area contributed by atoms with Gasteiger partial charge in [0.25, 0.3) is 0 Å². The van der Waals surface area contributed by atoms with Crippen molar-refractivity contribution in [2.45, 2.75) is 70.8 Å². The summed E-state index contributed by atoms with van der Waals surface area (Å²) in [5.41, 5.74) is 0. The molecule has 17 heavy (non-hydrogen) atoms. The molecule has 1 aliphatic carbocycles. The van der Waals surface area contributed by atoms with E-state index in [-0.39, 0.29) is 5.92 Å². The van der Waals surface area contributed by atoms with Gasteiger partial charge >= 0.3 is 5.97 Å². The fourth-order valence-electron chi connectivity index (χ4n) is 2.43. The van der Waals surface area contributed by atoms with Gasteiger partial charge < -0.3 is 9.84 Å². The summed E-state index contributed by atoms with van der Waals surface area (Å²) in [7, 11) is 0. The van der Waals surface area contributed by atoms with E-state index in [9.17, 15) is 9.90 Å². The Balaban J connectivity index is 2.13. The molecule has 0 saturated heterocycles. The Labute approximate surface area is 105 Å². The normalized spacial score (nSPS) is 18.9. The molecule has 1 N–H and O–H groups in total. The molecule has 1 saturated carbocycles. The Morgan fingerprint density at radius 3 is 2.59 bits per heavy atom. The highest BCUT2D eigenvalue weighted by molar-refractivity contribution is 5.74. The summed E-state index contributed by atoms with van der Waals surface area (Å²) < 4.78 is 5.11. The molecule has 1 rings (SSSR count). The van der Waals surface area contributed by atoms with Crippen molar-refractivity contribution in [1.29, 1.82) is 0 Å². The molecule has 0 radical (unpaired) electrons. The first-order valence-electron chi connectivity index (χ1n) is 7.10. The highest BCUT2D eigenvalue weighted by atomic mass is 16.5. The van der Waals surface area contributed by atoms with E-state index in [1.54, 1.807) is 0 Å². The predicted molar refractivity (Wildman–Crippen MR) is 67.7 cm³/mol. The maximum Gasteiger partial charge on any atom is 0.335 e. The van der Waals surface area contributed by atoms with E-state index in [0.29, 0.717) is 6.61 Å². The van der Waals surface area contributed by atoms with E-state index in [2.05, 4.69) is 6.92 Å². The predicted octanol–water partition coefficient (Wildman–Crippen LogP) is 3.05. The van der Waals surface area contributed by atoms with Crippen LogP contribution in [0.2, 0.25) is 0 Å². The largest absolute Gasteiger partial charge is 0.464 e. The van der Waals surface area contributed by atoms with Crippen LogP contribution in [-0.4, -0.2) is 23.8 Å². The first-order valence-corrected chi connectivity index (χ1v) is 7.10. The Bertz CT molecular complexity index is 210. The number of ether oxygens (including phenoxy) is 1. The second-order valence-corrected chi connectivity index (χ2v) is 5.07. The van der Waals surface area contributed by atoms with E-state index >= 15 is 0 Å². The van der Waals surface area contributed by atoms with E-state index in [1.807, 2.05) is 0 Å². The molecule has 0 aromatic carbocycles. The summed E-state index contributed by atoms with van der Waals surface area (Å²) in [5, 5.41) is 9.87. The van der Waals surface area contributed by atoms with Crippen molar-refractivity contribution in [3.63, 3.8) is 0 Å². The molecule has 0 aliphatic heterocycles. The maximum atomic E-state index is 11.6. The zero-order valence-corrected chi connectivity index (χ0v) is 11.0. The van der Waals surface area contributed by atoms with Gasteiger partial charge in [-0.3, -0.25) is 0 Å². The van der Waals surface area contributed by atoms with Gasteiger partial charge in [-0.05, 0) is 25.2 Å². The summed E-state index contributed by atoms with van der Waals surface area (Å²) in [6, 6.07) is 0. The van der Waals surface area contributed by atoms with Crippen molar-refractivity contribution in [2.24, 2.45) is 5.92 Å². The van der Waals surface area contributed by atoms with Crippen LogP contribution in [0.25, 0.3) is 0 Å². The lowest BCUT2D eigenvalue weighted by Crippen LogP contribution is -2.32. The lowest BCUT2D eigenvalue weighted by molar-refractivity contribution is -0.157. The van der Waals surface area contributed by atoms with Gasteiger partial charge in [0.05, 0.1) is 6.61 Å². The topological polar surface area (TPSA) is 46.5 Å². The lowest BCUT2D eigenvalue weighted by Gasteiger charge is -2.25. The minimum atomic E-state index is -0.888. The van der Waals surface area contributed by atoms with Crippen LogP contribution in [0, 0.1) is 5.92 Å². The first-order chi connectivity index (χ1) is 8.25. The fourth-order valence-corrected chi connectivity index (χ4v) is 2.43. The molecule has 0 aromatic heterocycles. The number of unbranched alkanes of at least 4 members (excludes halogenated alkanes) is 3. The fraction of sp³-hybridized carbons (Fsp3) is 0.929. The van der Waals surface area contributed by atoms with Crippen molar-refractivity contribution in [3.8, 4) is 0 Å². The molecule has 3 heteroatoms. The average molecular weight is 242 g/mol. The number of hydrogen-bond donors (Lipinski definition) is 1. The molecule has 0 spiro atoms. The molecule has 0 unspecified atom stereocenters. The van der Waals surface area contributed by atoms with Crippen molar-refractivity contribution in [3.05, 3.63) is 0 Å². The van der Waals surface area contributed by atoms with Crippen molar-refractivity contribution in [2.75, 3.05) is 6.61 Å². The van der Waals surface area contributed by atoms with Gasteiger partial charge in [0.2, 0.25) is 0 Å². The van der Waals surface area contributed by atoms with Gasteiger partial charge in [0.1, 0.15) is 0 Å². The van der Waals surface area contributed by atoms with Crippen molar-refractivity contribution in [1.82, 2.24) is 0 Å². The van der Waals surface area contributed by atoms with E-state index in [4.69, 9.17) is 4.74 Å². The van der Waals surface area contributed by atoms with Gasteiger partial charge in [-0.15, -0.1) is 0 Å². The quantitative estimate of drug-likeness (QED) is 0.551. The van der Waals surface area contributed by atoms with Gasteiger partial charge in [-0.2, -0.15) is 0 Å². The Morgan fingerprint density at radius 1 is 1.24 bits per heavy atom. The second-order valence-electron chi connectivity index (χ2n) is 5.07. The summed E-state index contributed by atoms with van der Waals surface area (Å²) in [6.45, 7) is 2.61. The van der Waals surface area contributed by atoms with Crippen LogP contribution in [0.5, 0.6) is 0 Å². The highest BCUT2D eigenvalue weighted by Gasteiger charge is 2.28. The summed E-state index contributed by atoms with van der Waals surface area (Å²) in [4.78, 5) is 11.6. The standard InChI is InChI=1S/C14H26O3/c1-2-3-4-8-11-17-14(16)13(15)12-9-6-5-7-10-12/h12-13,15H,2-11H2,1H3/t13-/m0/s1. The minimum absolute atomic E-state index is 0.131. The number of rotatable bonds is 7. The molecule has 100 valence electrons. The number of esters is 1. The average Bonchev–Trinajstić information content (AvgIpc) is 2.38.